The topological polar surface area (TPSA) is 58.9 Å². The van der Waals surface area contributed by atoms with E-state index in [-0.39, 0.29) is 31.5 Å². The Labute approximate surface area is 78.5 Å². The van der Waals surface area contributed by atoms with Gasteiger partial charge in [-0.2, -0.15) is 0 Å². The van der Waals surface area contributed by atoms with Crippen LogP contribution in [0.15, 0.2) is 0 Å². The van der Waals surface area contributed by atoms with Gasteiger partial charge in [-0.15, -0.1) is 0 Å². The van der Waals surface area contributed by atoms with Crippen molar-refractivity contribution >= 4 is 0 Å². The fraction of sp³-hybridized carbons (Fsp3) is 1.00. The Bertz CT molecular complexity index is 140. The summed E-state index contributed by atoms with van der Waals surface area (Å²) in [7, 11) is 1.54. The van der Waals surface area contributed by atoms with Crippen molar-refractivity contribution in [1.82, 2.24) is 0 Å². The number of aliphatic hydroxyl groups excluding tert-OH is 2. The van der Waals surface area contributed by atoms with Crippen molar-refractivity contribution < 1.29 is 19.7 Å². The predicted octanol–water partition coefficient (Wildman–Crippen LogP) is 0.129. The Kier molecular flexibility index (Phi) is 4.66. The zero-order valence-corrected chi connectivity index (χ0v) is 7.98. The van der Waals surface area contributed by atoms with E-state index >= 15 is 0 Å². The van der Waals surface area contributed by atoms with Crippen molar-refractivity contribution in [2.45, 2.75) is 31.5 Å². The quantitative estimate of drug-likeness (QED) is 0.605. The average molecular weight is 190 g/mol. The molecule has 1 rings (SSSR count). The minimum absolute atomic E-state index is 0.0505. The number of methoxy groups -OCH3 is 1. The average Bonchev–Trinajstić information content (AvgIpc) is 2.54. The summed E-state index contributed by atoms with van der Waals surface area (Å²) < 4.78 is 10.0. The maximum absolute atomic E-state index is 9.56. The highest BCUT2D eigenvalue weighted by atomic mass is 16.7. The maximum Gasteiger partial charge on any atom is 0.146 e. The predicted molar refractivity (Wildman–Crippen MR) is 47.2 cm³/mol. The van der Waals surface area contributed by atoms with E-state index in [1.165, 1.54) is 0 Å². The van der Waals surface area contributed by atoms with Crippen LogP contribution in [0.4, 0.5) is 0 Å². The molecular weight excluding hydrogens is 172 g/mol. The third-order valence-electron chi connectivity index (χ3n) is 2.59. The summed E-state index contributed by atoms with van der Waals surface area (Å²) in [5.41, 5.74) is 0. The molecule has 3 atom stereocenters. The van der Waals surface area contributed by atoms with Gasteiger partial charge in [0, 0.05) is 13.0 Å². The van der Waals surface area contributed by atoms with E-state index in [1.54, 1.807) is 7.11 Å². The summed E-state index contributed by atoms with van der Waals surface area (Å²) in [5, 5.41) is 18.6. The van der Waals surface area contributed by atoms with Crippen LogP contribution in [-0.2, 0) is 9.47 Å². The molecule has 4 nitrogen and oxygen atoms in total. The van der Waals surface area contributed by atoms with Crippen LogP contribution >= 0.6 is 0 Å². The summed E-state index contributed by atoms with van der Waals surface area (Å²) in [5.74, 6) is 0.0696. The molecular formula is C9H18O4. The lowest BCUT2D eigenvalue weighted by atomic mass is 9.99. The molecule has 0 heterocycles. The van der Waals surface area contributed by atoms with E-state index in [4.69, 9.17) is 14.6 Å². The van der Waals surface area contributed by atoms with Gasteiger partial charge in [0.05, 0.1) is 18.8 Å². The van der Waals surface area contributed by atoms with Gasteiger partial charge in [-0.3, -0.25) is 0 Å². The van der Waals surface area contributed by atoms with Gasteiger partial charge in [0.2, 0.25) is 0 Å². The second-order valence-corrected chi connectivity index (χ2v) is 3.46. The van der Waals surface area contributed by atoms with Crippen LogP contribution in [-0.4, -0.2) is 42.9 Å². The monoisotopic (exact) mass is 190 g/mol. The molecule has 1 aliphatic rings. The molecule has 0 spiro atoms. The van der Waals surface area contributed by atoms with E-state index in [0.717, 1.165) is 19.3 Å². The molecule has 0 aliphatic heterocycles. The largest absolute Gasteiger partial charge is 0.394 e. The highest BCUT2D eigenvalue weighted by molar-refractivity contribution is 4.82. The van der Waals surface area contributed by atoms with E-state index in [2.05, 4.69) is 0 Å². The molecule has 0 aromatic rings. The van der Waals surface area contributed by atoms with Gasteiger partial charge >= 0.3 is 0 Å². The third-order valence-corrected chi connectivity index (χ3v) is 2.59. The summed E-state index contributed by atoms with van der Waals surface area (Å²) in [6.45, 7) is 0.125. The summed E-state index contributed by atoms with van der Waals surface area (Å²) in [6.07, 6.45) is 2.15. The molecule has 4 heteroatoms. The first kappa shape index (κ1) is 10.9. The number of hydrogen-bond acceptors (Lipinski definition) is 4. The van der Waals surface area contributed by atoms with Crippen LogP contribution in [0.5, 0.6) is 0 Å². The summed E-state index contributed by atoms with van der Waals surface area (Å²) in [6, 6.07) is 0. The van der Waals surface area contributed by atoms with E-state index < -0.39 is 0 Å². The van der Waals surface area contributed by atoms with Crippen LogP contribution in [0, 0.1) is 5.92 Å². The van der Waals surface area contributed by atoms with Gasteiger partial charge in [-0.1, -0.05) is 6.42 Å². The highest BCUT2D eigenvalue weighted by Crippen LogP contribution is 2.29. The van der Waals surface area contributed by atoms with Gasteiger partial charge in [0.15, 0.2) is 0 Å². The molecule has 0 amide bonds. The van der Waals surface area contributed by atoms with Gasteiger partial charge in [-0.25, -0.2) is 0 Å². The molecule has 78 valence electrons. The van der Waals surface area contributed by atoms with Gasteiger partial charge in [0.25, 0.3) is 0 Å². The first-order valence-electron chi connectivity index (χ1n) is 4.69. The second-order valence-electron chi connectivity index (χ2n) is 3.46. The van der Waals surface area contributed by atoms with Crippen LogP contribution in [0.25, 0.3) is 0 Å². The SMILES string of the molecule is COCOC(CO)[C@H]1CCC[C@@H]1O. The smallest absolute Gasteiger partial charge is 0.146 e. The second kappa shape index (κ2) is 5.54. The Hall–Kier alpha value is -0.160. The number of aliphatic hydroxyl groups is 2. The lowest BCUT2D eigenvalue weighted by molar-refractivity contribution is -0.119. The highest BCUT2D eigenvalue weighted by Gasteiger charge is 2.32. The maximum atomic E-state index is 9.56. The molecule has 0 radical (unpaired) electrons. The number of rotatable bonds is 5. The fourth-order valence-electron chi connectivity index (χ4n) is 1.87. The van der Waals surface area contributed by atoms with Gasteiger partial charge < -0.3 is 19.7 Å². The van der Waals surface area contributed by atoms with Crippen molar-refractivity contribution in [3.05, 3.63) is 0 Å². The number of hydrogen-bond donors (Lipinski definition) is 2. The Morgan fingerprint density at radius 1 is 1.46 bits per heavy atom. The minimum Gasteiger partial charge on any atom is -0.394 e. The zero-order chi connectivity index (χ0) is 9.68. The molecule has 1 fully saturated rings. The van der Waals surface area contributed by atoms with Crippen LogP contribution in [0.3, 0.4) is 0 Å². The first-order chi connectivity index (χ1) is 6.29. The third kappa shape index (κ3) is 2.91. The van der Waals surface area contributed by atoms with Crippen LogP contribution in [0.1, 0.15) is 19.3 Å². The lowest BCUT2D eigenvalue weighted by Gasteiger charge is -2.24. The molecule has 1 unspecified atom stereocenters. The van der Waals surface area contributed by atoms with Gasteiger partial charge in [0.1, 0.15) is 6.79 Å². The molecule has 2 N–H and O–H groups in total. The molecule has 0 aromatic heterocycles. The minimum atomic E-state index is -0.325. The normalized spacial score (nSPS) is 30.7. The molecule has 0 saturated heterocycles. The molecule has 1 aliphatic carbocycles. The number of ether oxygens (including phenoxy) is 2. The molecule has 0 bridgehead atoms. The van der Waals surface area contributed by atoms with Crippen LogP contribution < -0.4 is 0 Å². The molecule has 13 heavy (non-hydrogen) atoms. The van der Waals surface area contributed by atoms with Gasteiger partial charge in [-0.05, 0) is 12.8 Å². The Morgan fingerprint density at radius 3 is 2.69 bits per heavy atom. The lowest BCUT2D eigenvalue weighted by Crippen LogP contribution is -2.33. The fourth-order valence-corrected chi connectivity index (χ4v) is 1.87. The van der Waals surface area contributed by atoms with Crippen molar-refractivity contribution in [3.63, 3.8) is 0 Å². The van der Waals surface area contributed by atoms with Crippen molar-refractivity contribution in [2.75, 3.05) is 20.5 Å². The zero-order valence-electron chi connectivity index (χ0n) is 7.98. The standard InChI is InChI=1S/C9H18O4/c1-12-6-13-9(5-10)7-3-2-4-8(7)11/h7-11H,2-6H2,1H3/t7-,8-,9?/m0/s1. The Morgan fingerprint density at radius 2 is 2.23 bits per heavy atom. The summed E-state index contributed by atoms with van der Waals surface area (Å²) in [4.78, 5) is 0. The van der Waals surface area contributed by atoms with Crippen molar-refractivity contribution in [1.29, 1.82) is 0 Å². The van der Waals surface area contributed by atoms with E-state index in [1.807, 2.05) is 0 Å². The van der Waals surface area contributed by atoms with Crippen LogP contribution in [0.2, 0.25) is 0 Å². The first-order valence-corrected chi connectivity index (χ1v) is 4.69. The summed E-state index contributed by atoms with van der Waals surface area (Å²) >= 11 is 0. The van der Waals surface area contributed by atoms with E-state index in [0.29, 0.717) is 0 Å². The Balaban J connectivity index is 2.35. The van der Waals surface area contributed by atoms with Crippen molar-refractivity contribution in [3.8, 4) is 0 Å². The van der Waals surface area contributed by atoms with Crippen molar-refractivity contribution in [2.24, 2.45) is 5.92 Å². The molecule has 0 aromatic carbocycles. The van der Waals surface area contributed by atoms with E-state index in [9.17, 15) is 5.11 Å². The molecule has 1 saturated carbocycles.